The zero-order chi connectivity index (χ0) is 23.9. The van der Waals surface area contributed by atoms with Crippen molar-refractivity contribution in [3.8, 4) is 0 Å². The van der Waals surface area contributed by atoms with Gasteiger partial charge in [0.05, 0.1) is 18.5 Å². The Morgan fingerprint density at radius 2 is 1.65 bits per heavy atom. The van der Waals surface area contributed by atoms with Crippen LogP contribution in [0.1, 0.15) is 45.0 Å². The van der Waals surface area contributed by atoms with E-state index in [0.29, 0.717) is 18.7 Å². The number of fused-ring (bicyclic) bond motifs is 1. The SMILES string of the molecule is O=C(c1ccco1)N1CCN(C(=O)c2cnn3c2N[C@@H](c2ccccc2)C[C@H]3C(F)(F)F)CC1. The van der Waals surface area contributed by atoms with Gasteiger partial charge in [-0.25, -0.2) is 4.68 Å². The van der Waals surface area contributed by atoms with Crippen LogP contribution in [0.5, 0.6) is 0 Å². The Bertz CT molecular complexity index is 1170. The van der Waals surface area contributed by atoms with E-state index in [1.807, 2.05) is 0 Å². The summed E-state index contributed by atoms with van der Waals surface area (Å²) in [5.74, 6) is -0.407. The molecule has 2 aliphatic rings. The molecule has 11 heteroatoms. The molecule has 1 saturated heterocycles. The van der Waals surface area contributed by atoms with Gasteiger partial charge in [0.15, 0.2) is 11.8 Å². The quantitative estimate of drug-likeness (QED) is 0.627. The topological polar surface area (TPSA) is 83.6 Å². The number of carbonyl (C=O) groups excluding carboxylic acids is 2. The lowest BCUT2D eigenvalue weighted by Crippen LogP contribution is -2.50. The molecule has 0 bridgehead atoms. The molecule has 178 valence electrons. The molecule has 2 aliphatic heterocycles. The van der Waals surface area contributed by atoms with Crippen molar-refractivity contribution in [1.29, 1.82) is 0 Å². The second-order valence-electron chi connectivity index (χ2n) is 8.31. The number of benzene rings is 1. The molecule has 0 aliphatic carbocycles. The van der Waals surface area contributed by atoms with E-state index in [2.05, 4.69) is 10.4 Å². The highest BCUT2D eigenvalue weighted by atomic mass is 19.4. The maximum absolute atomic E-state index is 13.9. The average molecular weight is 473 g/mol. The number of aromatic nitrogens is 2. The molecule has 4 heterocycles. The number of halogens is 3. The fourth-order valence-electron chi connectivity index (χ4n) is 4.46. The number of hydrogen-bond donors (Lipinski definition) is 1. The summed E-state index contributed by atoms with van der Waals surface area (Å²) in [4.78, 5) is 28.8. The Morgan fingerprint density at radius 1 is 0.971 bits per heavy atom. The molecular weight excluding hydrogens is 451 g/mol. The van der Waals surface area contributed by atoms with Gasteiger partial charge in [-0.1, -0.05) is 30.3 Å². The molecule has 0 spiro atoms. The van der Waals surface area contributed by atoms with Gasteiger partial charge in [0.2, 0.25) is 0 Å². The van der Waals surface area contributed by atoms with Crippen molar-refractivity contribution in [2.75, 3.05) is 31.5 Å². The number of furan rings is 1. The van der Waals surface area contributed by atoms with Gasteiger partial charge < -0.3 is 19.5 Å². The minimum atomic E-state index is -4.52. The van der Waals surface area contributed by atoms with E-state index in [1.165, 1.54) is 17.4 Å². The van der Waals surface area contributed by atoms with Crippen LogP contribution in [0.2, 0.25) is 0 Å². The Kier molecular flexibility index (Phi) is 5.54. The van der Waals surface area contributed by atoms with Crippen molar-refractivity contribution in [1.82, 2.24) is 19.6 Å². The summed E-state index contributed by atoms with van der Waals surface area (Å²) < 4.78 is 47.7. The lowest BCUT2D eigenvalue weighted by atomic mass is 9.96. The molecule has 2 atom stereocenters. The molecule has 3 aromatic rings. The monoisotopic (exact) mass is 473 g/mol. The molecule has 1 N–H and O–H groups in total. The normalized spacial score (nSPS) is 20.6. The van der Waals surface area contributed by atoms with Crippen molar-refractivity contribution in [2.45, 2.75) is 24.7 Å². The molecule has 8 nitrogen and oxygen atoms in total. The highest BCUT2D eigenvalue weighted by Crippen LogP contribution is 2.44. The third-order valence-corrected chi connectivity index (χ3v) is 6.26. The Balaban J connectivity index is 1.36. The van der Waals surface area contributed by atoms with Crippen LogP contribution in [-0.2, 0) is 0 Å². The predicted octanol–water partition coefficient (Wildman–Crippen LogP) is 3.73. The summed E-state index contributed by atoms with van der Waals surface area (Å²) >= 11 is 0. The number of nitrogens with one attached hydrogen (secondary N) is 1. The molecule has 0 radical (unpaired) electrons. The van der Waals surface area contributed by atoms with Gasteiger partial charge in [-0.2, -0.15) is 18.3 Å². The number of alkyl halides is 3. The highest BCUT2D eigenvalue weighted by Gasteiger charge is 2.47. The van der Waals surface area contributed by atoms with E-state index < -0.39 is 24.2 Å². The summed E-state index contributed by atoms with van der Waals surface area (Å²) in [5, 5.41) is 7.04. The van der Waals surface area contributed by atoms with Gasteiger partial charge in [0.1, 0.15) is 11.4 Å². The van der Waals surface area contributed by atoms with Crippen molar-refractivity contribution in [3.63, 3.8) is 0 Å². The van der Waals surface area contributed by atoms with E-state index in [9.17, 15) is 22.8 Å². The van der Waals surface area contributed by atoms with Crippen LogP contribution >= 0.6 is 0 Å². The first-order valence-electron chi connectivity index (χ1n) is 10.9. The largest absolute Gasteiger partial charge is 0.459 e. The van der Waals surface area contributed by atoms with E-state index >= 15 is 0 Å². The standard InChI is InChI=1S/C23H22F3N5O3/c24-23(25,26)19-13-17(15-5-2-1-3-6-15)28-20-16(14-27-31(19)20)21(32)29-8-10-30(11-9-29)22(33)18-7-4-12-34-18/h1-7,12,14,17,19,28H,8-11,13H2/t17-,19+/m1/s1. The van der Waals surface area contributed by atoms with Gasteiger partial charge in [0, 0.05) is 32.6 Å². The number of carbonyl (C=O) groups is 2. The van der Waals surface area contributed by atoms with Crippen molar-refractivity contribution >= 4 is 17.6 Å². The zero-order valence-corrected chi connectivity index (χ0v) is 18.0. The smallest absolute Gasteiger partial charge is 0.410 e. The first-order chi connectivity index (χ1) is 16.3. The number of piperazine rings is 1. The van der Waals surface area contributed by atoms with Gasteiger partial charge in [-0.3, -0.25) is 9.59 Å². The summed E-state index contributed by atoms with van der Waals surface area (Å²) in [6.45, 7) is 1.08. The first kappa shape index (κ1) is 22.1. The zero-order valence-electron chi connectivity index (χ0n) is 18.0. The molecule has 5 rings (SSSR count). The van der Waals surface area contributed by atoms with E-state index in [0.717, 1.165) is 4.68 Å². The van der Waals surface area contributed by atoms with Crippen molar-refractivity contribution < 1.29 is 27.2 Å². The number of rotatable bonds is 3. The summed E-state index contributed by atoms with van der Waals surface area (Å²) in [6.07, 6.45) is -2.14. The highest BCUT2D eigenvalue weighted by molar-refractivity contribution is 5.99. The van der Waals surface area contributed by atoms with Crippen molar-refractivity contribution in [2.24, 2.45) is 0 Å². The van der Waals surface area contributed by atoms with Crippen LogP contribution in [0.25, 0.3) is 0 Å². The maximum atomic E-state index is 13.9. The molecule has 0 saturated carbocycles. The minimum Gasteiger partial charge on any atom is -0.459 e. The Labute approximate surface area is 192 Å². The Morgan fingerprint density at radius 3 is 2.26 bits per heavy atom. The molecule has 1 fully saturated rings. The fourth-order valence-corrected chi connectivity index (χ4v) is 4.46. The van der Waals surface area contributed by atoms with Crippen LogP contribution in [0.15, 0.2) is 59.3 Å². The summed E-state index contributed by atoms with van der Waals surface area (Å²) in [6, 6.07) is 9.57. The first-order valence-corrected chi connectivity index (χ1v) is 10.9. The summed E-state index contributed by atoms with van der Waals surface area (Å²) in [5.41, 5.74) is 0.786. The van der Waals surface area contributed by atoms with Crippen LogP contribution in [0, 0.1) is 0 Å². The minimum absolute atomic E-state index is 0.0570. The number of amides is 2. The van der Waals surface area contributed by atoms with Crippen LogP contribution in [0.3, 0.4) is 0 Å². The van der Waals surface area contributed by atoms with E-state index in [-0.39, 0.29) is 42.6 Å². The maximum Gasteiger partial charge on any atom is 0.410 e. The lowest BCUT2D eigenvalue weighted by molar-refractivity contribution is -0.173. The third kappa shape index (κ3) is 4.02. The second kappa shape index (κ2) is 8.54. The molecule has 0 unspecified atom stereocenters. The van der Waals surface area contributed by atoms with Crippen molar-refractivity contribution in [3.05, 3.63) is 71.8 Å². The van der Waals surface area contributed by atoms with Gasteiger partial charge in [-0.05, 0) is 17.7 Å². The van der Waals surface area contributed by atoms with E-state index in [1.54, 1.807) is 47.4 Å². The number of hydrogen-bond acceptors (Lipinski definition) is 5. The fraction of sp³-hybridized carbons (Fsp3) is 0.348. The number of nitrogens with zero attached hydrogens (tertiary/aromatic N) is 4. The van der Waals surface area contributed by atoms with E-state index in [4.69, 9.17) is 4.42 Å². The van der Waals surface area contributed by atoms with Gasteiger partial charge in [0.25, 0.3) is 11.8 Å². The van der Waals surface area contributed by atoms with Gasteiger partial charge in [-0.15, -0.1) is 0 Å². The molecule has 2 amide bonds. The summed E-state index contributed by atoms with van der Waals surface area (Å²) in [7, 11) is 0. The molecule has 1 aromatic carbocycles. The molecule has 2 aromatic heterocycles. The Hall–Kier alpha value is -3.76. The van der Waals surface area contributed by atoms with Crippen LogP contribution < -0.4 is 5.32 Å². The third-order valence-electron chi connectivity index (χ3n) is 6.26. The molecular formula is C23H22F3N5O3. The predicted molar refractivity (Wildman–Crippen MR) is 115 cm³/mol. The van der Waals surface area contributed by atoms with Crippen LogP contribution in [-0.4, -0.2) is 63.7 Å². The molecule has 34 heavy (non-hydrogen) atoms. The average Bonchev–Trinajstić information content (AvgIpc) is 3.53. The van der Waals surface area contributed by atoms with Crippen LogP contribution in [0.4, 0.5) is 19.0 Å². The lowest BCUT2D eigenvalue weighted by Gasteiger charge is -2.36. The number of anilines is 1. The second-order valence-corrected chi connectivity index (χ2v) is 8.31. The van der Waals surface area contributed by atoms with Gasteiger partial charge >= 0.3 is 6.18 Å².